The highest BCUT2D eigenvalue weighted by Crippen LogP contribution is 2.36. The van der Waals surface area contributed by atoms with Crippen molar-refractivity contribution in [2.75, 3.05) is 5.32 Å². The number of alkyl halides is 3. The number of hydrogen-bond acceptors (Lipinski definition) is 2. The Bertz CT molecular complexity index is 566. The molecule has 0 fully saturated rings. The number of rotatable bonds is 4. The molecule has 6 heteroatoms. The van der Waals surface area contributed by atoms with E-state index < -0.39 is 11.7 Å². The van der Waals surface area contributed by atoms with Gasteiger partial charge in [-0.3, -0.25) is 0 Å². The Balaban J connectivity index is 2.28. The molecular formula is C14H13BrF3NS. The second kappa shape index (κ2) is 6.18. The molecule has 0 radical (unpaired) electrons. The minimum atomic E-state index is -4.33. The van der Waals surface area contributed by atoms with Crippen LogP contribution in [0, 0.1) is 0 Å². The normalized spacial score (nSPS) is 13.2. The summed E-state index contributed by atoms with van der Waals surface area (Å²) in [6, 6.07) is 7.56. The topological polar surface area (TPSA) is 12.0 Å². The third-order valence-electron chi connectivity index (χ3n) is 2.92. The van der Waals surface area contributed by atoms with Crippen molar-refractivity contribution in [2.24, 2.45) is 0 Å². The van der Waals surface area contributed by atoms with Crippen molar-refractivity contribution in [1.29, 1.82) is 0 Å². The first-order valence-corrected chi connectivity index (χ1v) is 7.75. The van der Waals surface area contributed by atoms with Crippen LogP contribution in [0.25, 0.3) is 0 Å². The van der Waals surface area contributed by atoms with Crippen molar-refractivity contribution in [3.63, 3.8) is 0 Å². The predicted octanol–water partition coefficient (Wildman–Crippen LogP) is 6.09. The fraction of sp³-hybridized carbons (Fsp3) is 0.286. The number of benzene rings is 1. The van der Waals surface area contributed by atoms with Crippen LogP contribution in [0.5, 0.6) is 0 Å². The lowest BCUT2D eigenvalue weighted by Crippen LogP contribution is -2.11. The van der Waals surface area contributed by atoms with Crippen LogP contribution in [-0.2, 0) is 6.18 Å². The summed E-state index contributed by atoms with van der Waals surface area (Å²) in [5.41, 5.74) is -0.190. The minimum absolute atomic E-state index is 0.00906. The summed E-state index contributed by atoms with van der Waals surface area (Å²) in [5, 5.41) is 5.13. The van der Waals surface area contributed by atoms with Crippen molar-refractivity contribution < 1.29 is 13.2 Å². The van der Waals surface area contributed by atoms with Gasteiger partial charge in [-0.1, -0.05) is 13.0 Å². The lowest BCUT2D eigenvalue weighted by atomic mass is 10.1. The lowest BCUT2D eigenvalue weighted by molar-refractivity contribution is -0.137. The third kappa shape index (κ3) is 3.55. The van der Waals surface area contributed by atoms with Gasteiger partial charge in [0.2, 0.25) is 0 Å². The van der Waals surface area contributed by atoms with Gasteiger partial charge in [-0.05, 0) is 52.0 Å². The second-order valence-electron chi connectivity index (χ2n) is 4.31. The summed E-state index contributed by atoms with van der Waals surface area (Å²) in [6.45, 7) is 2.00. The molecule has 20 heavy (non-hydrogen) atoms. The van der Waals surface area contributed by atoms with Gasteiger partial charge in [-0.2, -0.15) is 13.2 Å². The quantitative estimate of drug-likeness (QED) is 0.692. The van der Waals surface area contributed by atoms with E-state index in [1.54, 1.807) is 11.3 Å². The molecule has 0 bridgehead atoms. The van der Waals surface area contributed by atoms with Gasteiger partial charge in [0, 0.05) is 15.0 Å². The Hall–Kier alpha value is -1.01. The van der Waals surface area contributed by atoms with Gasteiger partial charge in [-0.25, -0.2) is 0 Å². The predicted molar refractivity (Wildman–Crippen MR) is 80.1 cm³/mol. The molecule has 0 aliphatic rings. The Morgan fingerprint density at radius 1 is 1.30 bits per heavy atom. The smallest absolute Gasteiger partial charge is 0.377 e. The van der Waals surface area contributed by atoms with E-state index in [0.717, 1.165) is 23.4 Å². The molecule has 0 saturated heterocycles. The van der Waals surface area contributed by atoms with Crippen molar-refractivity contribution in [3.05, 3.63) is 50.6 Å². The largest absolute Gasteiger partial charge is 0.416 e. The summed E-state index contributed by atoms with van der Waals surface area (Å²) in [5.74, 6) is 0. The molecule has 1 N–H and O–H groups in total. The Morgan fingerprint density at radius 2 is 2.05 bits per heavy atom. The maximum Gasteiger partial charge on any atom is 0.416 e. The summed E-state index contributed by atoms with van der Waals surface area (Å²) in [6.07, 6.45) is -3.54. The number of thiophene rings is 1. The highest BCUT2D eigenvalue weighted by atomic mass is 79.9. The van der Waals surface area contributed by atoms with Crippen LogP contribution in [0.3, 0.4) is 0 Å². The number of anilines is 1. The zero-order chi connectivity index (χ0) is 14.8. The van der Waals surface area contributed by atoms with Crippen molar-refractivity contribution in [3.8, 4) is 0 Å². The van der Waals surface area contributed by atoms with Gasteiger partial charge in [0.25, 0.3) is 0 Å². The van der Waals surface area contributed by atoms with Crippen LogP contribution in [0.4, 0.5) is 18.9 Å². The first-order valence-electron chi connectivity index (χ1n) is 6.08. The van der Waals surface area contributed by atoms with Crippen molar-refractivity contribution >= 4 is 33.0 Å². The molecule has 1 unspecified atom stereocenters. The molecule has 1 atom stereocenters. The first-order chi connectivity index (χ1) is 9.41. The highest BCUT2D eigenvalue weighted by molar-refractivity contribution is 9.10. The van der Waals surface area contributed by atoms with Gasteiger partial charge in [0.05, 0.1) is 11.6 Å². The van der Waals surface area contributed by atoms with Gasteiger partial charge < -0.3 is 5.32 Å². The fourth-order valence-electron chi connectivity index (χ4n) is 1.86. The number of halogens is 4. The van der Waals surface area contributed by atoms with Crippen LogP contribution in [0.2, 0.25) is 0 Å². The molecule has 1 aromatic heterocycles. The van der Waals surface area contributed by atoms with E-state index in [2.05, 4.69) is 21.2 Å². The van der Waals surface area contributed by atoms with Crippen LogP contribution in [0.15, 0.2) is 40.2 Å². The van der Waals surface area contributed by atoms with Gasteiger partial charge in [0.15, 0.2) is 0 Å². The standard InChI is InChI=1S/C14H13BrF3NS/c1-2-11(13-4-3-7-20-13)19-12-8-9(14(16,17)18)5-6-10(12)15/h3-8,11,19H,2H2,1H3. The Labute approximate surface area is 128 Å². The summed E-state index contributed by atoms with van der Waals surface area (Å²) in [7, 11) is 0. The maximum atomic E-state index is 12.8. The molecule has 0 spiro atoms. The summed E-state index contributed by atoms with van der Waals surface area (Å²) >= 11 is 4.88. The summed E-state index contributed by atoms with van der Waals surface area (Å²) in [4.78, 5) is 1.11. The van der Waals surface area contributed by atoms with Gasteiger partial charge >= 0.3 is 6.18 Å². The maximum absolute atomic E-state index is 12.8. The molecule has 0 aliphatic carbocycles. The second-order valence-corrected chi connectivity index (χ2v) is 6.15. The van der Waals surface area contributed by atoms with Crippen LogP contribution < -0.4 is 5.32 Å². The van der Waals surface area contributed by atoms with E-state index >= 15 is 0 Å². The Kier molecular flexibility index (Phi) is 4.75. The molecule has 0 amide bonds. The van der Waals surface area contributed by atoms with E-state index in [1.807, 2.05) is 24.4 Å². The van der Waals surface area contributed by atoms with Gasteiger partial charge in [-0.15, -0.1) is 11.3 Å². The molecule has 1 aromatic carbocycles. The van der Waals surface area contributed by atoms with Gasteiger partial charge in [0.1, 0.15) is 0 Å². The summed E-state index contributed by atoms with van der Waals surface area (Å²) < 4.78 is 38.9. The molecule has 108 valence electrons. The number of hydrogen-bond donors (Lipinski definition) is 1. The average molecular weight is 364 g/mol. The molecule has 2 aromatic rings. The highest BCUT2D eigenvalue weighted by Gasteiger charge is 2.31. The van der Waals surface area contributed by atoms with Crippen molar-refractivity contribution in [2.45, 2.75) is 25.6 Å². The molecular weight excluding hydrogens is 351 g/mol. The molecule has 1 nitrogen and oxygen atoms in total. The average Bonchev–Trinajstić information content (AvgIpc) is 2.90. The van der Waals surface area contributed by atoms with E-state index in [1.165, 1.54) is 6.07 Å². The first kappa shape index (κ1) is 15.4. The Morgan fingerprint density at radius 3 is 2.60 bits per heavy atom. The third-order valence-corrected chi connectivity index (χ3v) is 4.60. The SMILES string of the molecule is CCC(Nc1cc(C(F)(F)F)ccc1Br)c1cccs1. The van der Waals surface area contributed by atoms with E-state index in [4.69, 9.17) is 0 Å². The van der Waals surface area contributed by atoms with Crippen LogP contribution in [-0.4, -0.2) is 0 Å². The lowest BCUT2D eigenvalue weighted by Gasteiger charge is -2.19. The van der Waals surface area contributed by atoms with Crippen molar-refractivity contribution in [1.82, 2.24) is 0 Å². The molecule has 0 aliphatic heterocycles. The minimum Gasteiger partial charge on any atom is -0.377 e. The molecule has 0 saturated carbocycles. The fourth-order valence-corrected chi connectivity index (χ4v) is 3.09. The number of nitrogens with one attached hydrogen (secondary N) is 1. The molecule has 2 rings (SSSR count). The van der Waals surface area contributed by atoms with E-state index in [9.17, 15) is 13.2 Å². The zero-order valence-corrected chi connectivity index (χ0v) is 13.1. The zero-order valence-electron chi connectivity index (χ0n) is 10.7. The van der Waals surface area contributed by atoms with Crippen LogP contribution >= 0.6 is 27.3 Å². The molecule has 1 heterocycles. The monoisotopic (exact) mass is 363 g/mol. The van der Waals surface area contributed by atoms with E-state index in [-0.39, 0.29) is 6.04 Å². The van der Waals surface area contributed by atoms with E-state index in [0.29, 0.717) is 10.2 Å². The van der Waals surface area contributed by atoms with Crippen LogP contribution in [0.1, 0.15) is 29.8 Å².